The van der Waals surface area contributed by atoms with Crippen LogP contribution >= 0.6 is 0 Å². The third-order valence-electron chi connectivity index (χ3n) is 3.22. The van der Waals surface area contributed by atoms with E-state index in [0.29, 0.717) is 11.4 Å². The van der Waals surface area contributed by atoms with E-state index >= 15 is 0 Å². The third-order valence-corrected chi connectivity index (χ3v) is 4.35. The van der Waals surface area contributed by atoms with Gasteiger partial charge < -0.3 is 10.1 Å². The molecule has 0 aromatic heterocycles. The first-order chi connectivity index (χ1) is 10.8. The molecule has 0 bridgehead atoms. The normalized spacial score (nSPS) is 12.5. The van der Waals surface area contributed by atoms with E-state index in [9.17, 15) is 13.2 Å². The van der Waals surface area contributed by atoms with E-state index in [-0.39, 0.29) is 10.8 Å². The number of ether oxygens (including phenoxy) is 1. The van der Waals surface area contributed by atoms with Crippen LogP contribution in [0.3, 0.4) is 0 Å². The van der Waals surface area contributed by atoms with Crippen LogP contribution in [0.25, 0.3) is 0 Å². The molecule has 2 aromatic rings. The standard InChI is InChI=1S/C17H19NO4S/c1-12-5-4-6-15(11-12)22-13(2)17(19)18-14-7-9-16(10-8-14)23(3,20)21/h4-11,13H,1-3H3,(H,18,19)/t13-/m1/s1. The number of amides is 1. The van der Waals surface area contributed by atoms with E-state index in [1.54, 1.807) is 25.1 Å². The number of hydrogen-bond donors (Lipinski definition) is 1. The van der Waals surface area contributed by atoms with Crippen molar-refractivity contribution < 1.29 is 17.9 Å². The van der Waals surface area contributed by atoms with Crippen molar-refractivity contribution in [3.05, 3.63) is 54.1 Å². The molecule has 23 heavy (non-hydrogen) atoms. The van der Waals surface area contributed by atoms with Gasteiger partial charge in [0.25, 0.3) is 5.91 Å². The van der Waals surface area contributed by atoms with Crippen LogP contribution < -0.4 is 10.1 Å². The highest BCUT2D eigenvalue weighted by Crippen LogP contribution is 2.16. The molecule has 0 spiro atoms. The van der Waals surface area contributed by atoms with Crippen molar-refractivity contribution >= 4 is 21.4 Å². The van der Waals surface area contributed by atoms with Gasteiger partial charge in [-0.25, -0.2) is 8.42 Å². The predicted molar refractivity (Wildman–Crippen MR) is 89.5 cm³/mol. The molecule has 0 aliphatic carbocycles. The number of sulfone groups is 1. The summed E-state index contributed by atoms with van der Waals surface area (Å²) in [4.78, 5) is 12.3. The Bertz CT molecular complexity index is 798. The number of nitrogens with one attached hydrogen (secondary N) is 1. The lowest BCUT2D eigenvalue weighted by molar-refractivity contribution is -0.122. The van der Waals surface area contributed by atoms with Gasteiger partial charge in [-0.3, -0.25) is 4.79 Å². The second-order valence-electron chi connectivity index (χ2n) is 5.36. The first kappa shape index (κ1) is 17.0. The van der Waals surface area contributed by atoms with E-state index in [1.165, 1.54) is 12.1 Å². The zero-order valence-electron chi connectivity index (χ0n) is 13.2. The molecule has 0 aliphatic rings. The first-order valence-corrected chi connectivity index (χ1v) is 8.99. The fourth-order valence-electron chi connectivity index (χ4n) is 1.98. The monoisotopic (exact) mass is 333 g/mol. The van der Waals surface area contributed by atoms with Gasteiger partial charge in [0.2, 0.25) is 0 Å². The van der Waals surface area contributed by atoms with Crippen LogP contribution in [-0.2, 0) is 14.6 Å². The summed E-state index contributed by atoms with van der Waals surface area (Å²) in [6, 6.07) is 13.5. The molecule has 0 saturated heterocycles. The lowest BCUT2D eigenvalue weighted by Gasteiger charge is -2.15. The molecule has 2 rings (SSSR count). The molecule has 2 aromatic carbocycles. The zero-order chi connectivity index (χ0) is 17.0. The number of carbonyl (C=O) groups is 1. The molecule has 0 radical (unpaired) electrons. The molecule has 0 heterocycles. The molecule has 1 atom stereocenters. The summed E-state index contributed by atoms with van der Waals surface area (Å²) in [7, 11) is -3.25. The van der Waals surface area contributed by atoms with E-state index in [0.717, 1.165) is 11.8 Å². The maximum absolute atomic E-state index is 12.1. The second kappa shape index (κ2) is 6.83. The van der Waals surface area contributed by atoms with Crippen LogP contribution in [0.2, 0.25) is 0 Å². The summed E-state index contributed by atoms with van der Waals surface area (Å²) < 4.78 is 28.4. The fraction of sp³-hybridized carbons (Fsp3) is 0.235. The maximum Gasteiger partial charge on any atom is 0.265 e. The molecule has 122 valence electrons. The van der Waals surface area contributed by atoms with Gasteiger partial charge in [0.05, 0.1) is 4.90 Å². The van der Waals surface area contributed by atoms with Crippen molar-refractivity contribution in [3.63, 3.8) is 0 Å². The van der Waals surface area contributed by atoms with Gasteiger partial charge in [-0.1, -0.05) is 12.1 Å². The Morgan fingerprint density at radius 3 is 2.35 bits per heavy atom. The van der Waals surface area contributed by atoms with E-state index in [4.69, 9.17) is 4.74 Å². The van der Waals surface area contributed by atoms with Gasteiger partial charge in [0.1, 0.15) is 5.75 Å². The van der Waals surface area contributed by atoms with Crippen molar-refractivity contribution in [1.82, 2.24) is 0 Å². The smallest absolute Gasteiger partial charge is 0.265 e. The maximum atomic E-state index is 12.1. The average Bonchev–Trinajstić information content (AvgIpc) is 2.46. The van der Waals surface area contributed by atoms with E-state index in [2.05, 4.69) is 5.32 Å². The molecule has 5 nitrogen and oxygen atoms in total. The highest BCUT2D eigenvalue weighted by molar-refractivity contribution is 7.90. The highest BCUT2D eigenvalue weighted by Gasteiger charge is 2.15. The van der Waals surface area contributed by atoms with Crippen LogP contribution in [0.4, 0.5) is 5.69 Å². The molecule has 0 unspecified atom stereocenters. The molecule has 0 aliphatic heterocycles. The van der Waals surface area contributed by atoms with Crippen LogP contribution in [-0.4, -0.2) is 26.7 Å². The lowest BCUT2D eigenvalue weighted by Crippen LogP contribution is -2.30. The molecule has 1 amide bonds. The Balaban J connectivity index is 2.01. The summed E-state index contributed by atoms with van der Waals surface area (Å²) in [5.41, 5.74) is 1.56. The topological polar surface area (TPSA) is 72.5 Å². The number of hydrogen-bond acceptors (Lipinski definition) is 4. The summed E-state index contributed by atoms with van der Waals surface area (Å²) in [5.74, 6) is 0.318. The van der Waals surface area contributed by atoms with Gasteiger partial charge in [-0.05, 0) is 55.8 Å². The Morgan fingerprint density at radius 2 is 1.78 bits per heavy atom. The molecular weight excluding hydrogens is 314 g/mol. The molecule has 0 fully saturated rings. The van der Waals surface area contributed by atoms with Crippen molar-refractivity contribution in [1.29, 1.82) is 0 Å². The minimum absolute atomic E-state index is 0.208. The molecule has 0 saturated carbocycles. The first-order valence-electron chi connectivity index (χ1n) is 7.10. The van der Waals surface area contributed by atoms with Gasteiger partial charge in [-0.15, -0.1) is 0 Å². The quantitative estimate of drug-likeness (QED) is 0.913. The van der Waals surface area contributed by atoms with Crippen molar-refractivity contribution in [2.45, 2.75) is 24.8 Å². The number of benzene rings is 2. The van der Waals surface area contributed by atoms with Crippen molar-refractivity contribution in [2.75, 3.05) is 11.6 Å². The zero-order valence-corrected chi connectivity index (χ0v) is 14.1. The predicted octanol–water partition coefficient (Wildman–Crippen LogP) is 2.80. The number of anilines is 1. The van der Waals surface area contributed by atoms with Crippen molar-refractivity contribution in [3.8, 4) is 5.75 Å². The van der Waals surface area contributed by atoms with Crippen LogP contribution in [0.15, 0.2) is 53.4 Å². The number of rotatable bonds is 5. The second-order valence-corrected chi connectivity index (χ2v) is 7.38. The Kier molecular flexibility index (Phi) is 5.05. The minimum Gasteiger partial charge on any atom is -0.481 e. The van der Waals surface area contributed by atoms with Gasteiger partial charge in [-0.2, -0.15) is 0 Å². The molecule has 6 heteroatoms. The van der Waals surface area contributed by atoms with Crippen LogP contribution in [0.5, 0.6) is 5.75 Å². The van der Waals surface area contributed by atoms with Crippen LogP contribution in [0.1, 0.15) is 12.5 Å². The van der Waals surface area contributed by atoms with E-state index in [1.807, 2.05) is 25.1 Å². The van der Waals surface area contributed by atoms with Crippen molar-refractivity contribution in [2.24, 2.45) is 0 Å². The minimum atomic E-state index is -3.25. The summed E-state index contributed by atoms with van der Waals surface area (Å²) in [5, 5.41) is 2.70. The fourth-order valence-corrected chi connectivity index (χ4v) is 2.61. The summed E-state index contributed by atoms with van der Waals surface area (Å²) in [6.45, 7) is 3.60. The van der Waals surface area contributed by atoms with Crippen LogP contribution in [0, 0.1) is 6.92 Å². The Morgan fingerprint density at radius 1 is 1.13 bits per heavy atom. The Labute approximate surface area is 136 Å². The number of aryl methyl sites for hydroxylation is 1. The highest BCUT2D eigenvalue weighted by atomic mass is 32.2. The third kappa shape index (κ3) is 4.82. The number of carbonyl (C=O) groups excluding carboxylic acids is 1. The summed E-state index contributed by atoms with van der Waals surface area (Å²) in [6.07, 6.45) is 0.463. The Hall–Kier alpha value is -2.34. The largest absolute Gasteiger partial charge is 0.481 e. The van der Waals surface area contributed by atoms with Gasteiger partial charge in [0.15, 0.2) is 15.9 Å². The van der Waals surface area contributed by atoms with Gasteiger partial charge >= 0.3 is 0 Å². The SMILES string of the molecule is Cc1cccc(O[C@H](C)C(=O)Nc2ccc(S(C)(=O)=O)cc2)c1. The molecule has 1 N–H and O–H groups in total. The van der Waals surface area contributed by atoms with Gasteiger partial charge in [0, 0.05) is 11.9 Å². The molecular formula is C17H19NO4S. The lowest BCUT2D eigenvalue weighted by atomic mass is 10.2. The van der Waals surface area contributed by atoms with E-state index < -0.39 is 15.9 Å². The average molecular weight is 333 g/mol. The summed E-state index contributed by atoms with van der Waals surface area (Å²) >= 11 is 0.